The first-order valence-corrected chi connectivity index (χ1v) is 6.42. The highest BCUT2D eigenvalue weighted by molar-refractivity contribution is 5.88. The fourth-order valence-electron chi connectivity index (χ4n) is 2.05. The maximum atomic E-state index is 11.5. The molecule has 0 atom stereocenters. The van der Waals surface area contributed by atoms with Gasteiger partial charge in [-0.05, 0) is 25.3 Å². The average Bonchev–Trinajstić information content (AvgIpc) is 2.35. The summed E-state index contributed by atoms with van der Waals surface area (Å²) in [6, 6.07) is 0.224. The van der Waals surface area contributed by atoms with Crippen molar-refractivity contribution < 1.29 is 9.59 Å². The van der Waals surface area contributed by atoms with Crippen LogP contribution >= 0.6 is 0 Å². The Bertz CT molecular complexity index is 271. The summed E-state index contributed by atoms with van der Waals surface area (Å²) >= 11 is 0. The summed E-state index contributed by atoms with van der Waals surface area (Å²) in [6.07, 6.45) is 8.31. The van der Waals surface area contributed by atoms with E-state index in [1.807, 2.05) is 0 Å². The van der Waals surface area contributed by atoms with Crippen LogP contribution in [0, 0.1) is 0 Å². The fourth-order valence-corrected chi connectivity index (χ4v) is 2.05. The molecule has 1 rings (SSSR count). The van der Waals surface area contributed by atoms with Gasteiger partial charge in [-0.3, -0.25) is 4.79 Å². The fraction of sp³-hybridized carbons (Fsp3) is 0.692. The molecule has 96 valence electrons. The monoisotopic (exact) mass is 238 g/mol. The van der Waals surface area contributed by atoms with Gasteiger partial charge in [-0.2, -0.15) is 0 Å². The molecule has 0 saturated heterocycles. The smallest absolute Gasteiger partial charge is 0.315 e. The van der Waals surface area contributed by atoms with Crippen LogP contribution in [-0.2, 0) is 4.79 Å². The van der Waals surface area contributed by atoms with Crippen LogP contribution in [0.4, 0.5) is 4.79 Å². The molecule has 1 aliphatic rings. The lowest BCUT2D eigenvalue weighted by Gasteiger charge is -2.22. The Balaban J connectivity index is 2.04. The van der Waals surface area contributed by atoms with E-state index in [2.05, 4.69) is 17.2 Å². The summed E-state index contributed by atoms with van der Waals surface area (Å²) in [4.78, 5) is 22.4. The topological polar surface area (TPSA) is 58.2 Å². The molecule has 0 unspecified atom stereocenters. The zero-order chi connectivity index (χ0) is 12.5. The summed E-state index contributed by atoms with van der Waals surface area (Å²) < 4.78 is 0. The van der Waals surface area contributed by atoms with Gasteiger partial charge in [0.05, 0.1) is 0 Å². The molecule has 1 fully saturated rings. The second kappa shape index (κ2) is 7.87. The van der Waals surface area contributed by atoms with Gasteiger partial charge in [0.15, 0.2) is 5.78 Å². The van der Waals surface area contributed by atoms with Crippen LogP contribution in [0.25, 0.3) is 0 Å². The molecule has 4 heteroatoms. The third-order valence-electron chi connectivity index (χ3n) is 3.05. The number of urea groups is 1. The van der Waals surface area contributed by atoms with Gasteiger partial charge < -0.3 is 10.6 Å². The quantitative estimate of drug-likeness (QED) is 0.550. The van der Waals surface area contributed by atoms with E-state index in [1.54, 1.807) is 0 Å². The number of carbonyl (C=O) groups is 2. The highest BCUT2D eigenvalue weighted by atomic mass is 16.2. The van der Waals surface area contributed by atoms with Crippen LogP contribution in [-0.4, -0.2) is 24.4 Å². The van der Waals surface area contributed by atoms with Gasteiger partial charge >= 0.3 is 6.03 Å². The Labute approximate surface area is 103 Å². The first-order valence-electron chi connectivity index (χ1n) is 6.42. The number of ketones is 1. The molecular weight excluding hydrogens is 216 g/mol. The highest BCUT2D eigenvalue weighted by Gasteiger charge is 2.14. The van der Waals surface area contributed by atoms with Crippen molar-refractivity contribution in [2.24, 2.45) is 0 Å². The van der Waals surface area contributed by atoms with Gasteiger partial charge in [0.25, 0.3) is 0 Å². The van der Waals surface area contributed by atoms with Crippen LogP contribution in [0.1, 0.15) is 44.9 Å². The van der Waals surface area contributed by atoms with Crippen LogP contribution in [0.3, 0.4) is 0 Å². The Morgan fingerprint density at radius 1 is 1.24 bits per heavy atom. The predicted molar refractivity (Wildman–Crippen MR) is 67.8 cm³/mol. The molecule has 0 aromatic carbocycles. The van der Waals surface area contributed by atoms with E-state index in [9.17, 15) is 9.59 Å². The van der Waals surface area contributed by atoms with Crippen molar-refractivity contribution in [3.05, 3.63) is 12.7 Å². The highest BCUT2D eigenvalue weighted by Crippen LogP contribution is 2.16. The maximum Gasteiger partial charge on any atom is 0.315 e. The minimum Gasteiger partial charge on any atom is -0.338 e. The van der Waals surface area contributed by atoms with E-state index < -0.39 is 0 Å². The molecule has 0 radical (unpaired) electrons. The van der Waals surface area contributed by atoms with Crippen molar-refractivity contribution in [1.29, 1.82) is 0 Å². The van der Waals surface area contributed by atoms with E-state index in [0.29, 0.717) is 25.4 Å². The summed E-state index contributed by atoms with van der Waals surface area (Å²) in [6.45, 7) is 3.94. The van der Waals surface area contributed by atoms with Crippen LogP contribution in [0.15, 0.2) is 12.7 Å². The predicted octanol–water partition coefficient (Wildman–Crippen LogP) is 2.15. The SMILES string of the molecule is C=CC(=O)CCCNC(=O)NC1CCCCC1. The molecule has 0 bridgehead atoms. The van der Waals surface area contributed by atoms with Gasteiger partial charge in [-0.15, -0.1) is 0 Å². The summed E-state index contributed by atoms with van der Waals surface area (Å²) in [5.41, 5.74) is 0. The van der Waals surface area contributed by atoms with Crippen LogP contribution in [0.2, 0.25) is 0 Å². The summed E-state index contributed by atoms with van der Waals surface area (Å²) in [5.74, 6) is 0.0273. The standard InChI is InChI=1S/C13H22N2O2/c1-2-12(16)9-6-10-14-13(17)15-11-7-4-3-5-8-11/h2,11H,1,3-10H2,(H2,14,15,17). The molecule has 1 aliphatic carbocycles. The first kappa shape index (κ1) is 13.7. The summed E-state index contributed by atoms with van der Waals surface area (Å²) in [7, 11) is 0. The molecule has 1 saturated carbocycles. The second-order valence-corrected chi connectivity index (χ2v) is 4.51. The average molecular weight is 238 g/mol. The Kier molecular flexibility index (Phi) is 6.37. The minimum atomic E-state index is -0.108. The van der Waals surface area contributed by atoms with E-state index in [-0.39, 0.29) is 11.8 Å². The molecule has 0 aromatic heterocycles. The molecule has 4 nitrogen and oxygen atoms in total. The number of amides is 2. The number of hydrogen-bond donors (Lipinski definition) is 2. The number of carbonyl (C=O) groups excluding carboxylic acids is 2. The Morgan fingerprint density at radius 3 is 2.59 bits per heavy atom. The third kappa shape index (κ3) is 6.09. The number of hydrogen-bond acceptors (Lipinski definition) is 2. The van der Waals surface area contributed by atoms with Crippen molar-refractivity contribution in [3.63, 3.8) is 0 Å². The van der Waals surface area contributed by atoms with Gasteiger partial charge in [0.1, 0.15) is 0 Å². The second-order valence-electron chi connectivity index (χ2n) is 4.51. The van der Waals surface area contributed by atoms with Crippen molar-refractivity contribution >= 4 is 11.8 Å². The lowest BCUT2D eigenvalue weighted by Crippen LogP contribution is -2.43. The lowest BCUT2D eigenvalue weighted by atomic mass is 9.96. The normalized spacial score (nSPS) is 16.2. The number of rotatable bonds is 6. The maximum absolute atomic E-state index is 11.5. The molecular formula is C13H22N2O2. The van der Waals surface area contributed by atoms with Crippen molar-refractivity contribution in [1.82, 2.24) is 10.6 Å². The Morgan fingerprint density at radius 2 is 1.94 bits per heavy atom. The van der Waals surface area contributed by atoms with E-state index in [4.69, 9.17) is 0 Å². The zero-order valence-electron chi connectivity index (χ0n) is 10.3. The molecule has 0 aliphatic heterocycles. The van der Waals surface area contributed by atoms with Gasteiger partial charge in [-0.25, -0.2) is 4.79 Å². The molecule has 2 N–H and O–H groups in total. The van der Waals surface area contributed by atoms with Gasteiger partial charge in [0.2, 0.25) is 0 Å². The van der Waals surface area contributed by atoms with E-state index >= 15 is 0 Å². The summed E-state index contributed by atoms with van der Waals surface area (Å²) in [5, 5.41) is 5.74. The van der Waals surface area contributed by atoms with Crippen molar-refractivity contribution in [2.45, 2.75) is 51.0 Å². The first-order chi connectivity index (χ1) is 8.22. The van der Waals surface area contributed by atoms with Crippen molar-refractivity contribution in [3.8, 4) is 0 Å². The number of nitrogens with one attached hydrogen (secondary N) is 2. The minimum absolute atomic E-state index is 0.0273. The zero-order valence-corrected chi connectivity index (χ0v) is 10.3. The molecule has 17 heavy (non-hydrogen) atoms. The van der Waals surface area contributed by atoms with Crippen molar-refractivity contribution in [2.75, 3.05) is 6.54 Å². The third-order valence-corrected chi connectivity index (χ3v) is 3.05. The largest absolute Gasteiger partial charge is 0.338 e. The molecule has 2 amide bonds. The lowest BCUT2D eigenvalue weighted by molar-refractivity contribution is -0.114. The van der Waals surface area contributed by atoms with Crippen LogP contribution < -0.4 is 10.6 Å². The molecule has 0 heterocycles. The van der Waals surface area contributed by atoms with Gasteiger partial charge in [-0.1, -0.05) is 25.8 Å². The van der Waals surface area contributed by atoms with E-state index in [0.717, 1.165) is 12.8 Å². The van der Waals surface area contributed by atoms with E-state index in [1.165, 1.54) is 25.3 Å². The Hall–Kier alpha value is -1.32. The molecule has 0 aromatic rings. The van der Waals surface area contributed by atoms with Crippen LogP contribution in [0.5, 0.6) is 0 Å². The molecule has 0 spiro atoms. The van der Waals surface area contributed by atoms with Gasteiger partial charge in [0, 0.05) is 19.0 Å². The number of allylic oxidation sites excluding steroid dienone is 1.